The van der Waals surface area contributed by atoms with Crippen LogP contribution >= 0.6 is 0 Å². The first-order chi connectivity index (χ1) is 16.3. The maximum absolute atomic E-state index is 17.3. The molecule has 0 aliphatic heterocycles. The van der Waals surface area contributed by atoms with E-state index in [4.69, 9.17) is 9.15 Å². The van der Waals surface area contributed by atoms with Gasteiger partial charge in [0.15, 0.2) is 5.67 Å². The summed E-state index contributed by atoms with van der Waals surface area (Å²) in [6.07, 6.45) is 2.67. The number of allylic oxidation sites excluding steroid dienone is 5. The van der Waals surface area contributed by atoms with Gasteiger partial charge in [-0.15, -0.1) is 0 Å². The number of alkyl halides is 2. The molecule has 5 rings (SSSR count). The van der Waals surface area contributed by atoms with Crippen LogP contribution in [0.15, 0.2) is 58.8 Å². The highest BCUT2D eigenvalue weighted by Crippen LogP contribution is 2.71. The normalized spacial score (nSPS) is 46.3. The van der Waals surface area contributed by atoms with Crippen LogP contribution in [0.4, 0.5) is 8.78 Å². The molecule has 35 heavy (non-hydrogen) atoms. The lowest BCUT2D eigenvalue weighted by atomic mass is 9.44. The van der Waals surface area contributed by atoms with Crippen molar-refractivity contribution in [1.82, 2.24) is 0 Å². The molecule has 8 heteroatoms. The lowest BCUT2D eigenvalue weighted by Gasteiger charge is -2.63. The van der Waals surface area contributed by atoms with Gasteiger partial charge in [0.25, 0.3) is 0 Å². The number of hydrogen-bond acceptors (Lipinski definition) is 5. The Labute approximate surface area is 202 Å². The number of halogens is 2. The van der Waals surface area contributed by atoms with Crippen LogP contribution in [0.1, 0.15) is 50.6 Å². The number of furan rings is 1. The van der Waals surface area contributed by atoms with Gasteiger partial charge in [-0.3, -0.25) is 0 Å². The van der Waals surface area contributed by atoms with E-state index in [1.807, 2.05) is 0 Å². The van der Waals surface area contributed by atoms with E-state index < -0.39 is 64.1 Å². The number of rotatable bonds is 3. The van der Waals surface area contributed by atoms with Gasteiger partial charge in [-0.05, 0) is 55.4 Å². The molecule has 9 atom stereocenters. The predicted octanol–water partition coefficient (Wildman–Crippen LogP) is 4.81. The van der Waals surface area contributed by atoms with E-state index in [0.717, 1.165) is 0 Å². The van der Waals surface area contributed by atoms with E-state index in [-0.39, 0.29) is 30.6 Å². The van der Waals surface area contributed by atoms with Crippen LogP contribution < -0.4 is 0 Å². The molecule has 0 amide bonds. The molecule has 0 saturated heterocycles. The lowest BCUT2D eigenvalue weighted by Crippen LogP contribution is -2.70. The van der Waals surface area contributed by atoms with Crippen molar-refractivity contribution in [3.63, 3.8) is 0 Å². The average Bonchev–Trinajstić information content (AvgIpc) is 3.39. The number of aliphatic hydroxyl groups is 1. The number of carbonyl (C=O) groups is 2. The standard InChI is InChI=1S/C27H30F2O6/c1-14-7-8-24(3)18(10-14)19(28)12-17-16-11-15(2)27(23(32)33,35-22(31)20-6-5-9-34-20)25(16,4)13-21(30)26(17,24)29/h5-10,15-17,19,21,30H,1,11-13H2,2-4H3,(H,32,33)/t15-,16?,17?,19+,21+,24?,25+,26+,27+/m1/s1. The van der Waals surface area contributed by atoms with E-state index in [1.54, 1.807) is 39.0 Å². The van der Waals surface area contributed by atoms with Crippen LogP contribution in [0.3, 0.4) is 0 Å². The van der Waals surface area contributed by atoms with Crippen LogP contribution in [0.25, 0.3) is 0 Å². The largest absolute Gasteiger partial charge is 0.478 e. The lowest BCUT2D eigenvalue weighted by molar-refractivity contribution is -0.229. The second kappa shape index (κ2) is 7.38. The van der Waals surface area contributed by atoms with Gasteiger partial charge in [-0.25, -0.2) is 18.4 Å². The third kappa shape index (κ3) is 2.77. The smallest absolute Gasteiger partial charge is 0.375 e. The Morgan fingerprint density at radius 3 is 2.60 bits per heavy atom. The summed E-state index contributed by atoms with van der Waals surface area (Å²) < 4.78 is 43.8. The zero-order valence-corrected chi connectivity index (χ0v) is 20.0. The summed E-state index contributed by atoms with van der Waals surface area (Å²) in [7, 11) is 0. The summed E-state index contributed by atoms with van der Waals surface area (Å²) in [5.41, 5.74) is -6.25. The minimum atomic E-state index is -2.23. The first-order valence-corrected chi connectivity index (χ1v) is 11.9. The third-order valence-corrected chi connectivity index (χ3v) is 9.56. The minimum Gasteiger partial charge on any atom is -0.478 e. The number of carboxylic acids is 1. The monoisotopic (exact) mass is 488 g/mol. The van der Waals surface area contributed by atoms with Crippen LogP contribution in [-0.4, -0.2) is 45.7 Å². The zero-order chi connectivity index (χ0) is 25.6. The number of aliphatic carboxylic acids is 1. The maximum atomic E-state index is 17.3. The molecule has 1 aromatic heterocycles. The van der Waals surface area contributed by atoms with E-state index in [2.05, 4.69) is 6.58 Å². The molecular weight excluding hydrogens is 458 g/mol. The Bertz CT molecular complexity index is 1160. The highest BCUT2D eigenvalue weighted by atomic mass is 19.1. The highest BCUT2D eigenvalue weighted by Gasteiger charge is 2.78. The third-order valence-electron chi connectivity index (χ3n) is 9.56. The van der Waals surface area contributed by atoms with Crippen molar-refractivity contribution in [2.75, 3.05) is 0 Å². The van der Waals surface area contributed by atoms with Gasteiger partial charge in [0.2, 0.25) is 11.4 Å². The fourth-order valence-electron chi connectivity index (χ4n) is 7.90. The average molecular weight is 489 g/mol. The van der Waals surface area contributed by atoms with E-state index in [1.165, 1.54) is 18.4 Å². The molecule has 0 spiro atoms. The summed E-state index contributed by atoms with van der Waals surface area (Å²) >= 11 is 0. The van der Waals surface area contributed by atoms with Crippen molar-refractivity contribution < 1.29 is 37.7 Å². The number of carboxylic acid groups (broad SMARTS) is 1. The molecule has 3 unspecified atom stereocenters. The molecule has 2 N–H and O–H groups in total. The summed E-state index contributed by atoms with van der Waals surface area (Å²) in [4.78, 5) is 25.7. The summed E-state index contributed by atoms with van der Waals surface area (Å²) in [6.45, 7) is 8.69. The number of hydrogen-bond donors (Lipinski definition) is 2. The van der Waals surface area contributed by atoms with E-state index >= 15 is 8.78 Å². The number of carbonyl (C=O) groups excluding carboxylic acids is 1. The van der Waals surface area contributed by atoms with Crippen molar-refractivity contribution in [1.29, 1.82) is 0 Å². The summed E-state index contributed by atoms with van der Waals surface area (Å²) in [5, 5.41) is 21.9. The van der Waals surface area contributed by atoms with Gasteiger partial charge in [-0.1, -0.05) is 38.7 Å². The molecule has 3 fully saturated rings. The predicted molar refractivity (Wildman–Crippen MR) is 122 cm³/mol. The van der Waals surface area contributed by atoms with Crippen molar-refractivity contribution in [3.8, 4) is 0 Å². The molecule has 0 aromatic carbocycles. The number of esters is 1. The van der Waals surface area contributed by atoms with Gasteiger partial charge in [0.1, 0.15) is 6.17 Å². The molecule has 188 valence electrons. The Hall–Kier alpha value is -2.74. The minimum absolute atomic E-state index is 0.155. The fraction of sp³-hybridized carbons (Fsp3) is 0.556. The summed E-state index contributed by atoms with van der Waals surface area (Å²) in [5.74, 6) is -4.83. The molecule has 4 aliphatic rings. The molecule has 1 heterocycles. The molecular formula is C27H30F2O6. The van der Waals surface area contributed by atoms with Crippen LogP contribution in [0.2, 0.25) is 0 Å². The fourth-order valence-corrected chi connectivity index (χ4v) is 7.90. The Morgan fingerprint density at radius 1 is 1.26 bits per heavy atom. The number of aliphatic hydroxyl groups excluding tert-OH is 1. The number of fused-ring (bicyclic) bond motifs is 5. The first-order valence-electron chi connectivity index (χ1n) is 11.9. The quantitative estimate of drug-likeness (QED) is 0.593. The maximum Gasteiger partial charge on any atom is 0.375 e. The molecule has 3 saturated carbocycles. The molecule has 0 bridgehead atoms. The second-order valence-electron chi connectivity index (χ2n) is 11.1. The van der Waals surface area contributed by atoms with E-state index in [0.29, 0.717) is 5.57 Å². The van der Waals surface area contributed by atoms with Crippen molar-refractivity contribution in [2.24, 2.45) is 28.6 Å². The van der Waals surface area contributed by atoms with Gasteiger partial charge < -0.3 is 19.4 Å². The zero-order valence-electron chi connectivity index (χ0n) is 20.0. The molecule has 6 nitrogen and oxygen atoms in total. The Balaban J connectivity index is 1.62. The van der Waals surface area contributed by atoms with Crippen LogP contribution in [0.5, 0.6) is 0 Å². The first kappa shape index (κ1) is 24.0. The van der Waals surface area contributed by atoms with Gasteiger partial charge in [0.05, 0.1) is 12.4 Å². The van der Waals surface area contributed by atoms with Gasteiger partial charge >= 0.3 is 11.9 Å². The topological polar surface area (TPSA) is 97.0 Å². The van der Waals surface area contributed by atoms with Crippen molar-refractivity contribution >= 4 is 11.9 Å². The number of ether oxygens (including phenoxy) is 1. The van der Waals surface area contributed by atoms with E-state index in [9.17, 15) is 19.8 Å². The Morgan fingerprint density at radius 2 is 1.97 bits per heavy atom. The van der Waals surface area contributed by atoms with Crippen molar-refractivity contribution in [3.05, 3.63) is 60.1 Å². The van der Waals surface area contributed by atoms with Crippen LogP contribution in [0, 0.1) is 28.6 Å². The molecule has 0 radical (unpaired) electrons. The van der Waals surface area contributed by atoms with Gasteiger partial charge in [-0.2, -0.15) is 0 Å². The molecule has 4 aliphatic carbocycles. The summed E-state index contributed by atoms with van der Waals surface area (Å²) in [6, 6.07) is 2.85. The Kier molecular flexibility index (Phi) is 5.06. The molecule has 1 aromatic rings. The highest BCUT2D eigenvalue weighted by molar-refractivity contribution is 5.91. The SMILES string of the molecule is C=C1C=CC2(C)C(=C1)[C@@H](F)CC1C3C[C@@H](C)[C@](OC(=O)c4ccco4)(C(=O)O)[C@@]3(C)C[C@H](O)[C@@]12F. The van der Waals surface area contributed by atoms with Crippen LogP contribution in [-0.2, 0) is 9.53 Å². The van der Waals surface area contributed by atoms with Crippen molar-refractivity contribution in [2.45, 2.75) is 63.6 Å². The second-order valence-corrected chi connectivity index (χ2v) is 11.1. The van der Waals surface area contributed by atoms with Gasteiger partial charge in [0, 0.05) is 22.7 Å².